The van der Waals surface area contributed by atoms with Crippen LogP contribution in [-0.2, 0) is 4.74 Å². The number of rotatable bonds is 3. The Balaban J connectivity index is 2.03. The first-order valence-corrected chi connectivity index (χ1v) is 5.88. The van der Waals surface area contributed by atoms with Crippen molar-refractivity contribution in [1.29, 1.82) is 0 Å². The van der Waals surface area contributed by atoms with E-state index in [9.17, 15) is 10.2 Å². The fourth-order valence-corrected chi connectivity index (χ4v) is 2.22. The molecule has 0 radical (unpaired) electrons. The van der Waals surface area contributed by atoms with Crippen molar-refractivity contribution < 1.29 is 25.3 Å². The largest absolute Gasteiger partial charge is 0.394 e. The third-order valence-electron chi connectivity index (χ3n) is 3.26. The Morgan fingerprint density at radius 2 is 2.10 bits per heavy atom. The van der Waals surface area contributed by atoms with E-state index in [1.165, 1.54) is 17.2 Å². The topological polar surface area (TPSA) is 146 Å². The Labute approximate surface area is 112 Å². The molecule has 1 saturated heterocycles. The first-order valence-electron chi connectivity index (χ1n) is 5.88. The summed E-state index contributed by atoms with van der Waals surface area (Å²) in [6.45, 7) is -0.424. The van der Waals surface area contributed by atoms with E-state index in [0.29, 0.717) is 11.0 Å². The van der Waals surface area contributed by atoms with Gasteiger partial charge in [0.15, 0.2) is 17.7 Å². The number of ether oxygens (including phenoxy) is 1. The molecule has 0 aliphatic carbocycles. The first-order chi connectivity index (χ1) is 9.67. The summed E-state index contributed by atoms with van der Waals surface area (Å²) < 4.78 is 6.63. The van der Waals surface area contributed by atoms with Gasteiger partial charge in [-0.2, -0.15) is 5.10 Å². The Kier molecular flexibility index (Phi) is 3.23. The summed E-state index contributed by atoms with van der Waals surface area (Å²) in [5.41, 5.74) is 2.23. The molecule has 0 bridgehead atoms. The third kappa shape index (κ3) is 1.82. The summed E-state index contributed by atoms with van der Waals surface area (Å²) >= 11 is 0. The Morgan fingerprint density at radius 1 is 1.30 bits per heavy atom. The monoisotopic (exact) mass is 283 g/mol. The fourth-order valence-electron chi connectivity index (χ4n) is 2.22. The second-order valence-corrected chi connectivity index (χ2v) is 4.39. The molecule has 2 aromatic heterocycles. The zero-order valence-electron chi connectivity index (χ0n) is 10.2. The molecule has 5 N–H and O–H groups in total. The average molecular weight is 283 g/mol. The van der Waals surface area contributed by atoms with Crippen molar-refractivity contribution in [2.24, 2.45) is 0 Å². The van der Waals surface area contributed by atoms with Crippen molar-refractivity contribution >= 4 is 16.9 Å². The maximum atomic E-state index is 9.96. The quantitative estimate of drug-likeness (QED) is 0.413. The summed E-state index contributed by atoms with van der Waals surface area (Å²) in [5.74, 6) is 0.160. The molecule has 108 valence electrons. The molecule has 1 unspecified atom stereocenters. The predicted molar refractivity (Wildman–Crippen MR) is 63.7 cm³/mol. The molecule has 0 spiro atoms. The molecule has 0 amide bonds. The maximum absolute atomic E-state index is 9.96. The summed E-state index contributed by atoms with van der Waals surface area (Å²) in [6, 6.07) is 0. The highest BCUT2D eigenvalue weighted by molar-refractivity contribution is 5.85. The second kappa shape index (κ2) is 4.92. The van der Waals surface area contributed by atoms with Gasteiger partial charge in [0.1, 0.15) is 24.6 Å². The van der Waals surface area contributed by atoms with E-state index in [2.05, 4.69) is 15.1 Å². The van der Waals surface area contributed by atoms with Crippen LogP contribution in [0.5, 0.6) is 0 Å². The van der Waals surface area contributed by atoms with E-state index >= 15 is 0 Å². The molecule has 1 aliphatic heterocycles. The number of aromatic nitrogens is 4. The van der Waals surface area contributed by atoms with Crippen molar-refractivity contribution in [2.75, 3.05) is 12.1 Å². The van der Waals surface area contributed by atoms with E-state index < -0.39 is 31.1 Å². The Morgan fingerprint density at radius 3 is 2.75 bits per heavy atom. The number of aliphatic hydroxyl groups excluding tert-OH is 3. The number of aliphatic hydroxyl groups is 3. The van der Waals surface area contributed by atoms with Crippen LogP contribution in [0, 0.1) is 0 Å². The van der Waals surface area contributed by atoms with Crippen LogP contribution < -0.4 is 5.48 Å². The van der Waals surface area contributed by atoms with Crippen LogP contribution in [0.25, 0.3) is 11.0 Å². The van der Waals surface area contributed by atoms with Gasteiger partial charge in [0.05, 0.1) is 18.2 Å². The van der Waals surface area contributed by atoms with Gasteiger partial charge in [-0.15, -0.1) is 0 Å². The van der Waals surface area contributed by atoms with Gasteiger partial charge in [0.25, 0.3) is 0 Å². The predicted octanol–water partition coefficient (Wildman–Crippen LogP) is -1.76. The van der Waals surface area contributed by atoms with Gasteiger partial charge in [-0.25, -0.2) is 14.6 Å². The molecule has 3 rings (SSSR count). The summed E-state index contributed by atoms with van der Waals surface area (Å²) in [5, 5.41) is 42.2. The smallest absolute Gasteiger partial charge is 0.181 e. The number of anilines is 1. The Bertz CT molecular complexity index is 619. The molecular weight excluding hydrogens is 270 g/mol. The van der Waals surface area contributed by atoms with Gasteiger partial charge < -0.3 is 20.1 Å². The molecule has 10 nitrogen and oxygen atoms in total. The summed E-state index contributed by atoms with van der Waals surface area (Å²) in [4.78, 5) is 7.82. The van der Waals surface area contributed by atoms with Crippen molar-refractivity contribution in [3.05, 3.63) is 12.5 Å². The van der Waals surface area contributed by atoms with Gasteiger partial charge in [-0.1, -0.05) is 0 Å². The lowest BCUT2D eigenvalue weighted by Gasteiger charge is -2.15. The maximum Gasteiger partial charge on any atom is 0.181 e. The van der Waals surface area contributed by atoms with Crippen LogP contribution in [0.15, 0.2) is 12.5 Å². The van der Waals surface area contributed by atoms with Crippen LogP contribution in [-0.4, -0.2) is 65.2 Å². The highest BCUT2D eigenvalue weighted by Gasteiger charge is 2.44. The third-order valence-corrected chi connectivity index (χ3v) is 3.26. The van der Waals surface area contributed by atoms with Crippen LogP contribution in [0.1, 0.15) is 6.23 Å². The lowest BCUT2D eigenvalue weighted by Crippen LogP contribution is -2.33. The summed E-state index contributed by atoms with van der Waals surface area (Å²) in [6.07, 6.45) is -1.76. The van der Waals surface area contributed by atoms with Gasteiger partial charge in [0, 0.05) is 0 Å². The summed E-state index contributed by atoms with van der Waals surface area (Å²) in [7, 11) is 0. The Hall–Kier alpha value is -1.85. The first kappa shape index (κ1) is 13.1. The molecule has 3 heterocycles. The molecule has 0 saturated carbocycles. The highest BCUT2D eigenvalue weighted by atomic mass is 16.6. The van der Waals surface area contributed by atoms with E-state index in [4.69, 9.17) is 15.1 Å². The molecular formula is C10H13N5O5. The zero-order chi connectivity index (χ0) is 14.3. The van der Waals surface area contributed by atoms with Gasteiger partial charge in [-0.3, -0.25) is 10.7 Å². The average Bonchev–Trinajstić information content (AvgIpc) is 3.01. The number of nitrogens with zero attached hydrogens (tertiary/aromatic N) is 4. The van der Waals surface area contributed by atoms with Gasteiger partial charge >= 0.3 is 0 Å². The number of fused-ring (bicyclic) bond motifs is 1. The van der Waals surface area contributed by atoms with E-state index in [0.717, 1.165) is 0 Å². The van der Waals surface area contributed by atoms with Gasteiger partial charge in [0.2, 0.25) is 0 Å². The molecule has 10 heteroatoms. The van der Waals surface area contributed by atoms with Crippen LogP contribution in [0.2, 0.25) is 0 Å². The lowest BCUT2D eigenvalue weighted by molar-refractivity contribution is -0.0566. The van der Waals surface area contributed by atoms with Crippen LogP contribution in [0.4, 0.5) is 5.82 Å². The molecule has 4 atom stereocenters. The second-order valence-electron chi connectivity index (χ2n) is 4.39. The van der Waals surface area contributed by atoms with Crippen LogP contribution in [0.3, 0.4) is 0 Å². The fraction of sp³-hybridized carbons (Fsp3) is 0.500. The molecule has 2 aromatic rings. The van der Waals surface area contributed by atoms with Crippen molar-refractivity contribution in [3.63, 3.8) is 0 Å². The standard InChI is InChI=1S/C10H13N5O5/c16-2-5-6(17)7(18)10(20-5)15-9-4(1-13-15)8(14-19)11-3-12-9/h1,3,5-7,10,16-19H,2H2,(H,11,12,14)/t5-,6-,7-,10?/m1/s1. The molecule has 0 aromatic carbocycles. The van der Waals surface area contributed by atoms with Crippen molar-refractivity contribution in [3.8, 4) is 0 Å². The molecule has 1 aliphatic rings. The molecule has 20 heavy (non-hydrogen) atoms. The minimum atomic E-state index is -1.25. The van der Waals surface area contributed by atoms with Crippen molar-refractivity contribution in [2.45, 2.75) is 24.5 Å². The van der Waals surface area contributed by atoms with E-state index in [1.54, 1.807) is 0 Å². The number of hydrogen-bond acceptors (Lipinski definition) is 9. The number of nitrogens with one attached hydrogen (secondary N) is 1. The normalized spacial score (nSPS) is 30.0. The highest BCUT2D eigenvalue weighted by Crippen LogP contribution is 2.31. The minimum absolute atomic E-state index is 0.160. The lowest BCUT2D eigenvalue weighted by atomic mass is 10.1. The van der Waals surface area contributed by atoms with Crippen molar-refractivity contribution in [1.82, 2.24) is 19.7 Å². The SMILES string of the molecule is OC[C@H]1OC(n2ncc3c(NO)ncnc32)[C@H](O)[C@@H]1O. The van der Waals surface area contributed by atoms with E-state index in [-0.39, 0.29) is 5.82 Å². The van der Waals surface area contributed by atoms with Gasteiger partial charge in [-0.05, 0) is 0 Å². The molecule has 1 fully saturated rings. The van der Waals surface area contributed by atoms with E-state index in [1.807, 2.05) is 5.48 Å². The zero-order valence-corrected chi connectivity index (χ0v) is 10.2. The number of hydrogen-bond donors (Lipinski definition) is 5. The van der Waals surface area contributed by atoms with Crippen LogP contribution >= 0.6 is 0 Å². The minimum Gasteiger partial charge on any atom is -0.394 e.